The summed E-state index contributed by atoms with van der Waals surface area (Å²) in [7, 11) is 1.64. The van der Waals surface area contributed by atoms with Crippen molar-refractivity contribution in [1.82, 2.24) is 20.7 Å². The van der Waals surface area contributed by atoms with Crippen molar-refractivity contribution in [3.8, 4) is 5.75 Å². The van der Waals surface area contributed by atoms with Gasteiger partial charge in [0.2, 0.25) is 5.91 Å². The number of carbonyl (C=O) groups excluding carboxylic acids is 2. The number of aryl methyl sites for hydroxylation is 1. The summed E-state index contributed by atoms with van der Waals surface area (Å²) >= 11 is 1.44. The smallest absolute Gasteiger partial charge is 0.252 e. The van der Waals surface area contributed by atoms with Crippen molar-refractivity contribution in [3.05, 3.63) is 45.9 Å². The second-order valence-corrected chi connectivity index (χ2v) is 7.58. The minimum Gasteiger partial charge on any atom is -0.497 e. The standard InChI is InChI=1S/C19H24N4O3S/c1-13-12-27-19(20-13)9-17(24)21-22-18(25)11-23(15-5-6-15)10-14-3-7-16(26-2)8-4-14/h3-4,7-8,12,15H,5-6,9-11H2,1-2H3,(H,21,24)(H,22,25). The second kappa shape index (κ2) is 8.96. The summed E-state index contributed by atoms with van der Waals surface area (Å²) in [5.74, 6) is 0.317. The van der Waals surface area contributed by atoms with E-state index in [9.17, 15) is 9.59 Å². The zero-order valence-corrected chi connectivity index (χ0v) is 16.3. The molecule has 0 unspecified atom stereocenters. The monoisotopic (exact) mass is 388 g/mol. The van der Waals surface area contributed by atoms with Gasteiger partial charge in [0.1, 0.15) is 10.8 Å². The van der Waals surface area contributed by atoms with Gasteiger partial charge in [0.15, 0.2) is 0 Å². The van der Waals surface area contributed by atoms with E-state index in [-0.39, 0.29) is 24.8 Å². The summed E-state index contributed by atoms with van der Waals surface area (Å²) in [4.78, 5) is 30.5. The van der Waals surface area contributed by atoms with Crippen LogP contribution >= 0.6 is 11.3 Å². The van der Waals surface area contributed by atoms with Crippen molar-refractivity contribution < 1.29 is 14.3 Å². The summed E-state index contributed by atoms with van der Waals surface area (Å²) in [6.07, 6.45) is 2.36. The average molecular weight is 388 g/mol. The number of hydrogen-bond donors (Lipinski definition) is 2. The number of hydrazine groups is 1. The van der Waals surface area contributed by atoms with E-state index in [1.807, 2.05) is 36.6 Å². The normalized spacial score (nSPS) is 13.4. The van der Waals surface area contributed by atoms with Gasteiger partial charge in [0.25, 0.3) is 5.91 Å². The van der Waals surface area contributed by atoms with Gasteiger partial charge >= 0.3 is 0 Å². The first kappa shape index (κ1) is 19.3. The van der Waals surface area contributed by atoms with E-state index < -0.39 is 0 Å². The fourth-order valence-corrected chi connectivity index (χ4v) is 3.52. The van der Waals surface area contributed by atoms with Crippen LogP contribution in [0, 0.1) is 6.92 Å². The fraction of sp³-hybridized carbons (Fsp3) is 0.421. The van der Waals surface area contributed by atoms with E-state index in [0.717, 1.165) is 34.9 Å². The Labute approximate surface area is 162 Å². The molecule has 0 aliphatic heterocycles. The van der Waals surface area contributed by atoms with Gasteiger partial charge in [-0.05, 0) is 37.5 Å². The molecule has 0 bridgehead atoms. The van der Waals surface area contributed by atoms with Gasteiger partial charge < -0.3 is 4.74 Å². The Morgan fingerprint density at radius 1 is 1.22 bits per heavy atom. The van der Waals surface area contributed by atoms with Crippen LogP contribution in [0.3, 0.4) is 0 Å². The topological polar surface area (TPSA) is 83.6 Å². The third kappa shape index (κ3) is 6.04. The molecule has 8 heteroatoms. The molecule has 1 saturated carbocycles. The van der Waals surface area contributed by atoms with E-state index in [4.69, 9.17) is 4.74 Å². The molecule has 1 aliphatic carbocycles. The van der Waals surface area contributed by atoms with Gasteiger partial charge in [0.05, 0.1) is 20.1 Å². The molecule has 1 aromatic carbocycles. The maximum absolute atomic E-state index is 12.2. The lowest BCUT2D eigenvalue weighted by molar-refractivity contribution is -0.129. The highest BCUT2D eigenvalue weighted by molar-refractivity contribution is 7.09. The summed E-state index contributed by atoms with van der Waals surface area (Å²) < 4.78 is 5.18. The molecular formula is C19H24N4O3S. The van der Waals surface area contributed by atoms with E-state index >= 15 is 0 Å². The SMILES string of the molecule is COc1ccc(CN(CC(=O)NNC(=O)Cc2nc(C)cs2)C2CC2)cc1. The molecule has 7 nitrogen and oxygen atoms in total. The van der Waals surface area contributed by atoms with E-state index in [2.05, 4.69) is 20.7 Å². The summed E-state index contributed by atoms with van der Waals surface area (Å²) in [6.45, 7) is 2.82. The first-order valence-electron chi connectivity index (χ1n) is 8.89. The summed E-state index contributed by atoms with van der Waals surface area (Å²) in [6, 6.07) is 8.27. The number of benzene rings is 1. The average Bonchev–Trinajstić information content (AvgIpc) is 3.43. The van der Waals surface area contributed by atoms with Crippen LogP contribution in [0.15, 0.2) is 29.6 Å². The molecule has 3 rings (SSSR count). The Kier molecular flexibility index (Phi) is 6.41. The Morgan fingerprint density at radius 3 is 2.52 bits per heavy atom. The van der Waals surface area contributed by atoms with Gasteiger partial charge in [-0.3, -0.25) is 25.3 Å². The molecule has 0 radical (unpaired) electrons. The van der Waals surface area contributed by atoms with Gasteiger partial charge in [-0.2, -0.15) is 0 Å². The lowest BCUT2D eigenvalue weighted by Gasteiger charge is -2.21. The lowest BCUT2D eigenvalue weighted by atomic mass is 10.2. The number of ether oxygens (including phenoxy) is 1. The number of aromatic nitrogens is 1. The zero-order chi connectivity index (χ0) is 19.2. The molecule has 27 heavy (non-hydrogen) atoms. The van der Waals surface area contributed by atoms with Crippen LogP contribution in [-0.2, 0) is 22.6 Å². The van der Waals surface area contributed by atoms with Crippen LogP contribution in [0.1, 0.15) is 29.1 Å². The van der Waals surface area contributed by atoms with Crippen LogP contribution < -0.4 is 15.6 Å². The third-order valence-electron chi connectivity index (χ3n) is 4.27. The largest absolute Gasteiger partial charge is 0.497 e. The van der Waals surface area contributed by atoms with E-state index in [1.54, 1.807) is 7.11 Å². The molecule has 0 saturated heterocycles. The Balaban J connectivity index is 1.46. The highest BCUT2D eigenvalue weighted by Gasteiger charge is 2.30. The Bertz CT molecular complexity index is 787. The predicted octanol–water partition coefficient (Wildman–Crippen LogP) is 1.81. The number of nitrogens with zero attached hydrogens (tertiary/aromatic N) is 2. The highest BCUT2D eigenvalue weighted by atomic mass is 32.1. The lowest BCUT2D eigenvalue weighted by Crippen LogP contribution is -2.47. The number of amides is 2. The third-order valence-corrected chi connectivity index (χ3v) is 5.24. The number of thiazole rings is 1. The fourth-order valence-electron chi connectivity index (χ4n) is 2.75. The van der Waals surface area contributed by atoms with Crippen LogP contribution in [0.25, 0.3) is 0 Å². The number of carbonyl (C=O) groups is 2. The number of rotatable bonds is 8. The van der Waals surface area contributed by atoms with Crippen molar-refractivity contribution in [2.24, 2.45) is 0 Å². The molecule has 1 aliphatic rings. The van der Waals surface area contributed by atoms with Gasteiger partial charge in [0, 0.05) is 23.7 Å². The van der Waals surface area contributed by atoms with Gasteiger partial charge in [-0.25, -0.2) is 4.98 Å². The molecule has 0 spiro atoms. The Hall–Kier alpha value is -2.45. The summed E-state index contributed by atoms with van der Waals surface area (Å²) in [5.41, 5.74) is 6.99. The van der Waals surface area contributed by atoms with Crippen molar-refractivity contribution in [1.29, 1.82) is 0 Å². The predicted molar refractivity (Wildman–Crippen MR) is 103 cm³/mol. The van der Waals surface area contributed by atoms with Crippen molar-refractivity contribution in [3.63, 3.8) is 0 Å². The summed E-state index contributed by atoms with van der Waals surface area (Å²) in [5, 5.41) is 2.63. The highest BCUT2D eigenvalue weighted by Crippen LogP contribution is 2.28. The molecular weight excluding hydrogens is 364 g/mol. The zero-order valence-electron chi connectivity index (χ0n) is 15.5. The maximum Gasteiger partial charge on any atom is 0.252 e. The van der Waals surface area contributed by atoms with Crippen molar-refractivity contribution in [2.75, 3.05) is 13.7 Å². The molecule has 2 amide bonds. The minimum atomic E-state index is -0.272. The van der Waals surface area contributed by atoms with Crippen molar-refractivity contribution >= 4 is 23.2 Å². The van der Waals surface area contributed by atoms with Crippen LogP contribution in [-0.4, -0.2) is 41.4 Å². The van der Waals surface area contributed by atoms with E-state index in [1.165, 1.54) is 11.3 Å². The quantitative estimate of drug-likeness (QED) is 0.674. The first-order valence-corrected chi connectivity index (χ1v) is 9.77. The maximum atomic E-state index is 12.2. The van der Waals surface area contributed by atoms with Crippen molar-refractivity contribution in [2.45, 2.75) is 38.8 Å². The number of hydrogen-bond acceptors (Lipinski definition) is 6. The first-order chi connectivity index (χ1) is 13.0. The van der Waals surface area contributed by atoms with Gasteiger partial charge in [-0.15, -0.1) is 11.3 Å². The van der Waals surface area contributed by atoms with Crippen LogP contribution in [0.2, 0.25) is 0 Å². The number of methoxy groups -OCH3 is 1. The second-order valence-electron chi connectivity index (χ2n) is 6.64. The van der Waals surface area contributed by atoms with E-state index in [0.29, 0.717) is 12.6 Å². The Morgan fingerprint density at radius 2 is 1.93 bits per heavy atom. The van der Waals surface area contributed by atoms with Crippen LogP contribution in [0.5, 0.6) is 5.75 Å². The van der Waals surface area contributed by atoms with Gasteiger partial charge in [-0.1, -0.05) is 12.1 Å². The number of nitrogens with one attached hydrogen (secondary N) is 2. The minimum absolute atomic E-state index is 0.164. The van der Waals surface area contributed by atoms with Crippen LogP contribution in [0.4, 0.5) is 0 Å². The molecule has 0 atom stereocenters. The molecule has 1 fully saturated rings. The molecule has 1 aromatic heterocycles. The molecule has 144 valence electrons. The molecule has 2 N–H and O–H groups in total. The molecule has 2 aromatic rings. The molecule has 1 heterocycles.